The molecule has 0 bridgehead atoms. The molecule has 0 aliphatic heterocycles. The summed E-state index contributed by atoms with van der Waals surface area (Å²) < 4.78 is 61.0. The third kappa shape index (κ3) is 6.47. The first-order chi connectivity index (χ1) is 14.9. The highest BCUT2D eigenvalue weighted by Gasteiger charge is 2.32. The number of halogens is 3. The average molecular weight is 486 g/mol. The predicted molar refractivity (Wildman–Crippen MR) is 115 cm³/mol. The molecule has 3 aromatic rings. The van der Waals surface area contributed by atoms with Crippen LogP contribution >= 0.6 is 11.3 Å². The largest absolute Gasteiger partial charge is 0.433 e. The molecule has 0 aliphatic rings. The molecule has 1 amide bonds. The molecule has 8 nitrogen and oxygen atoms in total. The van der Waals surface area contributed by atoms with E-state index >= 15 is 0 Å². The fourth-order valence-corrected chi connectivity index (χ4v) is 3.93. The van der Waals surface area contributed by atoms with Gasteiger partial charge >= 0.3 is 6.18 Å². The van der Waals surface area contributed by atoms with E-state index in [1.807, 2.05) is 13.0 Å². The quantitative estimate of drug-likeness (QED) is 0.527. The van der Waals surface area contributed by atoms with Gasteiger partial charge in [0.2, 0.25) is 5.95 Å². The smallest absolute Gasteiger partial charge is 0.349 e. The van der Waals surface area contributed by atoms with Gasteiger partial charge in [-0.25, -0.2) is 23.4 Å². The molecule has 170 valence electrons. The van der Waals surface area contributed by atoms with Gasteiger partial charge in [0, 0.05) is 30.9 Å². The van der Waals surface area contributed by atoms with E-state index in [0.29, 0.717) is 16.1 Å². The second kappa shape index (κ2) is 9.20. The van der Waals surface area contributed by atoms with Crippen molar-refractivity contribution in [1.82, 2.24) is 20.3 Å². The van der Waals surface area contributed by atoms with Crippen LogP contribution < -0.4 is 10.6 Å². The van der Waals surface area contributed by atoms with Gasteiger partial charge in [-0.1, -0.05) is 6.07 Å². The molecule has 2 N–H and O–H groups in total. The van der Waals surface area contributed by atoms with E-state index < -0.39 is 27.6 Å². The van der Waals surface area contributed by atoms with Crippen LogP contribution in [0.3, 0.4) is 0 Å². The summed E-state index contributed by atoms with van der Waals surface area (Å²) in [6.07, 6.45) is -0.991. The second-order valence-corrected chi connectivity index (χ2v) is 10.2. The number of sulfone groups is 1. The topological polar surface area (TPSA) is 114 Å². The SMILES string of the molecule is Cc1cc(Nc2nccc(C(F)(F)F)n2)cc(-c2cnc(C(=O)NCCS(C)(=O)=O)s2)c1. The van der Waals surface area contributed by atoms with Gasteiger partial charge in [0.15, 0.2) is 5.01 Å². The first-order valence-corrected chi connectivity index (χ1v) is 12.0. The molecule has 0 saturated heterocycles. The summed E-state index contributed by atoms with van der Waals surface area (Å²) in [5, 5.41) is 5.43. The summed E-state index contributed by atoms with van der Waals surface area (Å²) in [6.45, 7) is 1.78. The van der Waals surface area contributed by atoms with Gasteiger partial charge in [0.25, 0.3) is 5.91 Å². The van der Waals surface area contributed by atoms with E-state index in [4.69, 9.17) is 0 Å². The molecular weight excluding hydrogens is 467 g/mol. The molecule has 2 heterocycles. The summed E-state index contributed by atoms with van der Waals surface area (Å²) in [4.78, 5) is 24.2. The number of carbonyl (C=O) groups is 1. The molecule has 0 spiro atoms. The Balaban J connectivity index is 1.77. The van der Waals surface area contributed by atoms with Gasteiger partial charge in [-0.3, -0.25) is 4.79 Å². The number of aromatic nitrogens is 3. The monoisotopic (exact) mass is 485 g/mol. The number of thiazole rings is 1. The highest BCUT2D eigenvalue weighted by atomic mass is 32.2. The summed E-state index contributed by atoms with van der Waals surface area (Å²) in [5.74, 6) is -0.874. The van der Waals surface area contributed by atoms with Crippen LogP contribution in [-0.4, -0.2) is 47.8 Å². The fraction of sp³-hybridized carbons (Fsp3) is 0.263. The fourth-order valence-electron chi connectivity index (χ4n) is 2.64. The van der Waals surface area contributed by atoms with E-state index in [0.717, 1.165) is 35.4 Å². The van der Waals surface area contributed by atoms with Gasteiger partial charge < -0.3 is 10.6 Å². The van der Waals surface area contributed by atoms with Crippen molar-refractivity contribution in [1.29, 1.82) is 0 Å². The van der Waals surface area contributed by atoms with Gasteiger partial charge in [-0.2, -0.15) is 13.2 Å². The van der Waals surface area contributed by atoms with Crippen molar-refractivity contribution in [3.8, 4) is 10.4 Å². The number of anilines is 2. The number of amides is 1. The highest BCUT2D eigenvalue weighted by molar-refractivity contribution is 7.90. The van der Waals surface area contributed by atoms with Crippen LogP contribution in [0, 0.1) is 6.92 Å². The first kappa shape index (κ1) is 23.6. The van der Waals surface area contributed by atoms with Gasteiger partial charge in [-0.05, 0) is 36.2 Å². The van der Waals surface area contributed by atoms with Crippen LogP contribution in [0.25, 0.3) is 10.4 Å². The Morgan fingerprint density at radius 3 is 2.62 bits per heavy atom. The summed E-state index contributed by atoms with van der Waals surface area (Å²) in [6, 6.07) is 6.01. The number of benzene rings is 1. The lowest BCUT2D eigenvalue weighted by Gasteiger charge is -2.10. The van der Waals surface area contributed by atoms with Crippen LogP contribution in [0.1, 0.15) is 21.1 Å². The molecule has 1 aromatic carbocycles. The minimum Gasteiger partial charge on any atom is -0.349 e. The molecule has 0 atom stereocenters. The number of nitrogens with one attached hydrogen (secondary N) is 2. The normalized spacial score (nSPS) is 11.9. The lowest BCUT2D eigenvalue weighted by molar-refractivity contribution is -0.141. The molecular formula is C19H18F3N5O3S2. The maximum Gasteiger partial charge on any atom is 0.433 e. The first-order valence-electron chi connectivity index (χ1n) is 9.12. The number of rotatable bonds is 7. The van der Waals surface area contributed by atoms with E-state index in [2.05, 4.69) is 25.6 Å². The van der Waals surface area contributed by atoms with Crippen molar-refractivity contribution < 1.29 is 26.4 Å². The van der Waals surface area contributed by atoms with Crippen molar-refractivity contribution >= 4 is 38.7 Å². The lowest BCUT2D eigenvalue weighted by Crippen LogP contribution is -2.28. The molecule has 13 heteroatoms. The number of alkyl halides is 3. The second-order valence-electron chi connectivity index (χ2n) is 6.89. The van der Waals surface area contributed by atoms with Crippen LogP contribution in [0.5, 0.6) is 0 Å². The Morgan fingerprint density at radius 1 is 1.19 bits per heavy atom. The molecule has 0 saturated carbocycles. The van der Waals surface area contributed by atoms with Crippen LogP contribution in [0.2, 0.25) is 0 Å². The van der Waals surface area contributed by atoms with Gasteiger partial charge in [0.05, 0.1) is 10.6 Å². The van der Waals surface area contributed by atoms with Crippen molar-refractivity contribution in [2.24, 2.45) is 0 Å². The number of hydrogen-bond acceptors (Lipinski definition) is 8. The summed E-state index contributed by atoms with van der Waals surface area (Å²) >= 11 is 1.10. The number of carbonyl (C=O) groups excluding carboxylic acids is 1. The van der Waals surface area contributed by atoms with Crippen LogP contribution in [0.15, 0.2) is 36.7 Å². The Kier molecular flexibility index (Phi) is 6.79. The van der Waals surface area contributed by atoms with Crippen LogP contribution in [-0.2, 0) is 16.0 Å². The minimum atomic E-state index is -4.59. The third-order valence-corrected chi connectivity index (χ3v) is 6.01. The number of nitrogens with zero attached hydrogens (tertiary/aromatic N) is 3. The number of aryl methyl sites for hydroxylation is 1. The zero-order valence-corrected chi connectivity index (χ0v) is 18.5. The van der Waals surface area contributed by atoms with Gasteiger partial charge in [-0.15, -0.1) is 11.3 Å². The Bertz CT molecular complexity index is 1240. The zero-order chi connectivity index (χ0) is 23.5. The Labute approximate surface area is 185 Å². The van der Waals surface area contributed by atoms with Crippen molar-refractivity contribution in [3.63, 3.8) is 0 Å². The zero-order valence-electron chi connectivity index (χ0n) is 16.9. The molecule has 32 heavy (non-hydrogen) atoms. The molecule has 0 radical (unpaired) electrons. The molecule has 0 fully saturated rings. The maximum atomic E-state index is 12.9. The average Bonchev–Trinajstić information content (AvgIpc) is 3.16. The molecule has 3 rings (SSSR count). The van der Waals surface area contributed by atoms with E-state index in [1.54, 1.807) is 12.1 Å². The lowest BCUT2D eigenvalue weighted by atomic mass is 10.1. The summed E-state index contributed by atoms with van der Waals surface area (Å²) in [7, 11) is -3.20. The molecule has 0 aliphatic carbocycles. The summed E-state index contributed by atoms with van der Waals surface area (Å²) in [5.41, 5.74) is 0.903. The van der Waals surface area contributed by atoms with E-state index in [9.17, 15) is 26.4 Å². The Morgan fingerprint density at radius 2 is 1.94 bits per heavy atom. The third-order valence-electron chi connectivity index (χ3n) is 4.02. The van der Waals surface area contributed by atoms with E-state index in [-0.39, 0.29) is 23.3 Å². The number of hydrogen-bond donors (Lipinski definition) is 2. The van der Waals surface area contributed by atoms with Crippen molar-refractivity contribution in [3.05, 3.63) is 52.9 Å². The predicted octanol–water partition coefficient (Wildman–Crippen LogP) is 3.45. The van der Waals surface area contributed by atoms with Gasteiger partial charge in [0.1, 0.15) is 15.5 Å². The van der Waals surface area contributed by atoms with Crippen LogP contribution in [0.4, 0.5) is 24.8 Å². The minimum absolute atomic E-state index is 0.0257. The molecule has 0 unspecified atom stereocenters. The van der Waals surface area contributed by atoms with E-state index in [1.165, 1.54) is 6.20 Å². The Hall–Kier alpha value is -3.06. The molecule has 2 aromatic heterocycles. The standard InChI is InChI=1S/C19H18F3N5O3S2/c1-11-7-12(14-10-25-17(31-14)16(28)23-5-6-32(2,29)30)9-13(8-11)26-18-24-4-3-15(27-18)19(20,21)22/h3-4,7-10H,5-6H2,1-2H3,(H,23,28)(H,24,26,27). The van der Waals surface area contributed by atoms with Crippen molar-refractivity contribution in [2.75, 3.05) is 23.9 Å². The maximum absolute atomic E-state index is 12.9. The van der Waals surface area contributed by atoms with Crippen molar-refractivity contribution in [2.45, 2.75) is 13.1 Å². The highest BCUT2D eigenvalue weighted by Crippen LogP contribution is 2.31.